The molecule has 4 rings (SSSR count). The van der Waals surface area contributed by atoms with Crippen molar-refractivity contribution in [1.29, 1.82) is 0 Å². The molecule has 1 saturated heterocycles. The highest BCUT2D eigenvalue weighted by atomic mass is 32.1. The van der Waals surface area contributed by atoms with Crippen molar-refractivity contribution in [2.45, 2.75) is 38.8 Å². The van der Waals surface area contributed by atoms with Crippen LogP contribution in [-0.4, -0.2) is 40.5 Å². The summed E-state index contributed by atoms with van der Waals surface area (Å²) in [5.41, 5.74) is 2.28. The third-order valence-corrected chi connectivity index (χ3v) is 5.87. The molecular weight excluding hydrogens is 310 g/mol. The van der Waals surface area contributed by atoms with Crippen LogP contribution in [0.25, 0.3) is 0 Å². The first-order valence-electron chi connectivity index (χ1n) is 8.21. The summed E-state index contributed by atoms with van der Waals surface area (Å²) in [6.07, 6.45) is 3.15. The lowest BCUT2D eigenvalue weighted by Gasteiger charge is -2.30. The van der Waals surface area contributed by atoms with E-state index in [0.717, 1.165) is 50.4 Å². The predicted molar refractivity (Wildman–Crippen MR) is 88.2 cm³/mol. The molecule has 0 N–H and O–H groups in total. The number of aromatic nitrogens is 1. The Morgan fingerprint density at radius 3 is 3.22 bits per heavy atom. The van der Waals surface area contributed by atoms with Crippen LogP contribution in [0.5, 0.6) is 0 Å². The second kappa shape index (κ2) is 6.09. The highest BCUT2D eigenvalue weighted by molar-refractivity contribution is 7.10. The minimum absolute atomic E-state index is 0.220. The van der Waals surface area contributed by atoms with Crippen molar-refractivity contribution in [3.8, 4) is 0 Å². The van der Waals surface area contributed by atoms with Gasteiger partial charge in [0.15, 0.2) is 0 Å². The summed E-state index contributed by atoms with van der Waals surface area (Å²) < 4.78 is 5.21. The van der Waals surface area contributed by atoms with E-state index in [4.69, 9.17) is 4.52 Å². The van der Waals surface area contributed by atoms with Crippen LogP contribution in [0, 0.1) is 6.92 Å². The number of rotatable bonds is 3. The second-order valence-corrected chi connectivity index (χ2v) is 7.43. The first kappa shape index (κ1) is 14.9. The summed E-state index contributed by atoms with van der Waals surface area (Å²) in [5.74, 6) is 1.06. The monoisotopic (exact) mass is 331 g/mol. The molecule has 1 atom stereocenters. The average Bonchev–Trinajstić information content (AvgIpc) is 3.26. The summed E-state index contributed by atoms with van der Waals surface area (Å²) in [6.45, 7) is 4.95. The Labute approximate surface area is 139 Å². The third-order valence-electron chi connectivity index (χ3n) is 4.85. The van der Waals surface area contributed by atoms with Gasteiger partial charge >= 0.3 is 0 Å². The normalized spacial score (nSPS) is 21.6. The van der Waals surface area contributed by atoms with Crippen LogP contribution in [0.15, 0.2) is 22.0 Å². The second-order valence-electron chi connectivity index (χ2n) is 6.43. The van der Waals surface area contributed by atoms with Gasteiger partial charge in [0.2, 0.25) is 5.91 Å². The number of hydrogen-bond donors (Lipinski definition) is 0. The average molecular weight is 331 g/mol. The number of aryl methyl sites for hydroxylation is 1. The maximum absolute atomic E-state index is 12.7. The molecule has 0 spiro atoms. The lowest BCUT2D eigenvalue weighted by atomic mass is 10.1. The van der Waals surface area contributed by atoms with Crippen LogP contribution in [0.1, 0.15) is 40.8 Å². The van der Waals surface area contributed by atoms with Crippen molar-refractivity contribution in [3.05, 3.63) is 39.4 Å². The first-order chi connectivity index (χ1) is 11.2. The quantitative estimate of drug-likeness (QED) is 0.868. The van der Waals surface area contributed by atoms with Crippen LogP contribution in [0.4, 0.5) is 0 Å². The van der Waals surface area contributed by atoms with E-state index in [1.54, 1.807) is 11.3 Å². The molecule has 1 fully saturated rings. The van der Waals surface area contributed by atoms with Crippen molar-refractivity contribution in [2.75, 3.05) is 19.6 Å². The van der Waals surface area contributed by atoms with Gasteiger partial charge in [-0.25, -0.2) is 0 Å². The molecule has 6 heteroatoms. The minimum atomic E-state index is 0.220. The van der Waals surface area contributed by atoms with Crippen molar-refractivity contribution < 1.29 is 9.32 Å². The molecule has 5 nitrogen and oxygen atoms in total. The predicted octanol–water partition coefficient (Wildman–Crippen LogP) is 2.77. The van der Waals surface area contributed by atoms with E-state index in [0.29, 0.717) is 6.54 Å². The van der Waals surface area contributed by atoms with Crippen molar-refractivity contribution in [1.82, 2.24) is 15.0 Å². The van der Waals surface area contributed by atoms with Gasteiger partial charge in [0.05, 0.1) is 12.6 Å². The first-order valence-corrected chi connectivity index (χ1v) is 9.09. The maximum atomic E-state index is 12.7. The SMILES string of the molecule is Cc1cc([C@H]2CCCN2CC(=O)N2CCc3sccc3C2)no1. The lowest BCUT2D eigenvalue weighted by molar-refractivity contribution is -0.133. The molecule has 0 bridgehead atoms. The zero-order valence-electron chi connectivity index (χ0n) is 13.3. The Morgan fingerprint density at radius 1 is 1.48 bits per heavy atom. The fourth-order valence-corrected chi connectivity index (χ4v) is 4.52. The van der Waals surface area contributed by atoms with E-state index in [-0.39, 0.29) is 11.9 Å². The molecule has 2 aliphatic heterocycles. The number of thiophene rings is 1. The van der Waals surface area contributed by atoms with Gasteiger partial charge in [0.1, 0.15) is 11.5 Å². The van der Waals surface area contributed by atoms with Crippen LogP contribution in [0.2, 0.25) is 0 Å². The highest BCUT2D eigenvalue weighted by Gasteiger charge is 2.31. The van der Waals surface area contributed by atoms with Gasteiger partial charge in [-0.2, -0.15) is 0 Å². The van der Waals surface area contributed by atoms with Crippen LogP contribution in [0.3, 0.4) is 0 Å². The van der Waals surface area contributed by atoms with Gasteiger partial charge in [-0.1, -0.05) is 5.16 Å². The number of amides is 1. The Hall–Kier alpha value is -1.66. The third kappa shape index (κ3) is 2.93. The number of carbonyl (C=O) groups is 1. The van der Waals surface area contributed by atoms with Crippen LogP contribution in [-0.2, 0) is 17.8 Å². The molecular formula is C17H21N3O2S. The van der Waals surface area contributed by atoms with E-state index in [9.17, 15) is 4.79 Å². The van der Waals surface area contributed by atoms with E-state index in [1.165, 1.54) is 10.4 Å². The molecule has 2 aliphatic rings. The Balaban J connectivity index is 1.42. The Morgan fingerprint density at radius 2 is 2.39 bits per heavy atom. The summed E-state index contributed by atoms with van der Waals surface area (Å²) in [4.78, 5) is 18.4. The van der Waals surface area contributed by atoms with E-state index >= 15 is 0 Å². The summed E-state index contributed by atoms with van der Waals surface area (Å²) >= 11 is 1.80. The van der Waals surface area contributed by atoms with Crippen molar-refractivity contribution >= 4 is 17.2 Å². The summed E-state index contributed by atoms with van der Waals surface area (Å²) in [5, 5.41) is 6.28. The van der Waals surface area contributed by atoms with Gasteiger partial charge in [0, 0.05) is 24.0 Å². The molecule has 122 valence electrons. The summed E-state index contributed by atoms with van der Waals surface area (Å²) in [7, 11) is 0. The maximum Gasteiger partial charge on any atom is 0.237 e. The molecule has 23 heavy (non-hydrogen) atoms. The van der Waals surface area contributed by atoms with Gasteiger partial charge in [-0.05, 0) is 49.7 Å². The topological polar surface area (TPSA) is 49.6 Å². The Kier molecular flexibility index (Phi) is 3.95. The number of likely N-dealkylation sites (tertiary alicyclic amines) is 1. The molecule has 0 aromatic carbocycles. The fraction of sp³-hybridized carbons (Fsp3) is 0.529. The molecule has 2 aromatic heterocycles. The minimum Gasteiger partial charge on any atom is -0.361 e. The Bertz CT molecular complexity index is 708. The highest BCUT2D eigenvalue weighted by Crippen LogP contribution is 2.31. The lowest BCUT2D eigenvalue weighted by Crippen LogP contribution is -2.42. The molecule has 0 aliphatic carbocycles. The van der Waals surface area contributed by atoms with Crippen LogP contribution < -0.4 is 0 Å². The van der Waals surface area contributed by atoms with E-state index in [1.807, 2.05) is 17.9 Å². The number of carbonyl (C=O) groups excluding carboxylic acids is 1. The summed E-state index contributed by atoms with van der Waals surface area (Å²) in [6, 6.07) is 4.36. The number of nitrogens with zero attached hydrogens (tertiary/aromatic N) is 3. The van der Waals surface area contributed by atoms with Crippen molar-refractivity contribution in [3.63, 3.8) is 0 Å². The van der Waals surface area contributed by atoms with Gasteiger partial charge in [-0.3, -0.25) is 9.69 Å². The fourth-order valence-electron chi connectivity index (χ4n) is 3.63. The van der Waals surface area contributed by atoms with E-state index in [2.05, 4.69) is 21.5 Å². The molecule has 2 aromatic rings. The number of hydrogen-bond acceptors (Lipinski definition) is 5. The standard InChI is InChI=1S/C17H21N3O2S/c1-12-9-14(18-22-12)15-3-2-6-19(15)11-17(21)20-7-4-16-13(10-20)5-8-23-16/h5,8-9,15H,2-4,6-7,10-11H2,1H3/t15-/m1/s1. The smallest absolute Gasteiger partial charge is 0.237 e. The largest absolute Gasteiger partial charge is 0.361 e. The van der Waals surface area contributed by atoms with Gasteiger partial charge in [0.25, 0.3) is 0 Å². The van der Waals surface area contributed by atoms with Crippen LogP contribution >= 0.6 is 11.3 Å². The molecule has 0 radical (unpaired) electrons. The molecule has 1 amide bonds. The molecule has 0 saturated carbocycles. The van der Waals surface area contributed by atoms with E-state index < -0.39 is 0 Å². The zero-order chi connectivity index (χ0) is 15.8. The van der Waals surface area contributed by atoms with Gasteiger partial charge < -0.3 is 9.42 Å². The van der Waals surface area contributed by atoms with Crippen molar-refractivity contribution in [2.24, 2.45) is 0 Å². The molecule has 4 heterocycles. The zero-order valence-corrected chi connectivity index (χ0v) is 14.1. The number of fused-ring (bicyclic) bond motifs is 1. The molecule has 0 unspecified atom stereocenters. The van der Waals surface area contributed by atoms with Gasteiger partial charge in [-0.15, -0.1) is 11.3 Å².